The number of hydrazine groups is 1. The van der Waals surface area contributed by atoms with Crippen molar-refractivity contribution >= 4 is 0 Å². The molecule has 0 saturated carbocycles. The first-order valence-electron chi connectivity index (χ1n) is 7.06. The molecule has 0 spiro atoms. The van der Waals surface area contributed by atoms with Crippen molar-refractivity contribution in [3.05, 3.63) is 53.6 Å². The molecule has 0 saturated heterocycles. The van der Waals surface area contributed by atoms with Gasteiger partial charge in [-0.2, -0.15) is 0 Å². The van der Waals surface area contributed by atoms with Crippen molar-refractivity contribution in [1.82, 2.24) is 10.9 Å². The lowest BCUT2D eigenvalue weighted by Gasteiger charge is -2.12. The Morgan fingerprint density at radius 1 is 0.727 bits per heavy atom. The predicted octanol–water partition coefficient (Wildman–Crippen LogP) is 2.51. The predicted molar refractivity (Wildman–Crippen MR) is 86.2 cm³/mol. The van der Waals surface area contributed by atoms with E-state index in [1.54, 1.807) is 21.3 Å². The molecule has 5 heteroatoms. The summed E-state index contributed by atoms with van der Waals surface area (Å²) >= 11 is 0. The van der Waals surface area contributed by atoms with Gasteiger partial charge in [0.25, 0.3) is 0 Å². The minimum atomic E-state index is 0.656. The zero-order valence-electron chi connectivity index (χ0n) is 13.2. The van der Waals surface area contributed by atoms with E-state index in [1.807, 2.05) is 42.5 Å². The van der Waals surface area contributed by atoms with Gasteiger partial charge in [-0.05, 0) is 23.8 Å². The normalized spacial score (nSPS) is 10.3. The van der Waals surface area contributed by atoms with Crippen LogP contribution < -0.4 is 25.1 Å². The molecule has 0 amide bonds. The van der Waals surface area contributed by atoms with Gasteiger partial charge in [0.2, 0.25) is 0 Å². The first-order valence-corrected chi connectivity index (χ1v) is 7.06. The number of nitrogens with one attached hydrogen (secondary N) is 2. The van der Waals surface area contributed by atoms with Crippen LogP contribution in [-0.2, 0) is 13.1 Å². The maximum Gasteiger partial charge on any atom is 0.127 e. The van der Waals surface area contributed by atoms with E-state index in [2.05, 4.69) is 10.9 Å². The Morgan fingerprint density at radius 3 is 2.00 bits per heavy atom. The number of methoxy groups -OCH3 is 3. The highest BCUT2D eigenvalue weighted by Gasteiger charge is 2.04. The van der Waals surface area contributed by atoms with Crippen molar-refractivity contribution in [2.45, 2.75) is 13.1 Å². The van der Waals surface area contributed by atoms with Gasteiger partial charge in [0.1, 0.15) is 17.2 Å². The van der Waals surface area contributed by atoms with Gasteiger partial charge in [-0.25, -0.2) is 0 Å². The second-order valence-electron chi connectivity index (χ2n) is 4.73. The van der Waals surface area contributed by atoms with Crippen molar-refractivity contribution in [3.8, 4) is 17.2 Å². The van der Waals surface area contributed by atoms with Gasteiger partial charge in [0.05, 0.1) is 21.3 Å². The van der Waals surface area contributed by atoms with Crippen molar-refractivity contribution in [1.29, 1.82) is 0 Å². The molecule has 0 atom stereocenters. The lowest BCUT2D eigenvalue weighted by atomic mass is 10.2. The molecule has 5 nitrogen and oxygen atoms in total. The van der Waals surface area contributed by atoms with Crippen molar-refractivity contribution in [2.75, 3.05) is 21.3 Å². The topological polar surface area (TPSA) is 51.8 Å². The van der Waals surface area contributed by atoms with Crippen LogP contribution >= 0.6 is 0 Å². The SMILES string of the molecule is COc1ccc(CNNCc2ccc(OC)cc2OC)cc1. The third-order valence-corrected chi connectivity index (χ3v) is 3.35. The van der Waals surface area contributed by atoms with Gasteiger partial charge in [-0.3, -0.25) is 10.9 Å². The fraction of sp³-hybridized carbons (Fsp3) is 0.294. The monoisotopic (exact) mass is 302 g/mol. The molecule has 0 fully saturated rings. The van der Waals surface area contributed by atoms with E-state index < -0.39 is 0 Å². The molecule has 2 aromatic rings. The first kappa shape index (κ1) is 16.1. The minimum absolute atomic E-state index is 0.656. The number of hydrogen-bond acceptors (Lipinski definition) is 5. The van der Waals surface area contributed by atoms with E-state index in [9.17, 15) is 0 Å². The summed E-state index contributed by atoms with van der Waals surface area (Å²) in [5.41, 5.74) is 8.62. The third-order valence-electron chi connectivity index (χ3n) is 3.35. The largest absolute Gasteiger partial charge is 0.497 e. The second kappa shape index (κ2) is 8.26. The van der Waals surface area contributed by atoms with Crippen molar-refractivity contribution in [2.24, 2.45) is 0 Å². The smallest absolute Gasteiger partial charge is 0.127 e. The molecule has 2 N–H and O–H groups in total. The van der Waals surface area contributed by atoms with Crippen molar-refractivity contribution in [3.63, 3.8) is 0 Å². The number of hydrogen-bond donors (Lipinski definition) is 2. The van der Waals surface area contributed by atoms with Crippen LogP contribution in [0.3, 0.4) is 0 Å². The van der Waals surface area contributed by atoms with Gasteiger partial charge < -0.3 is 14.2 Å². The Labute approximate surface area is 131 Å². The summed E-state index contributed by atoms with van der Waals surface area (Å²) < 4.78 is 15.7. The first-order chi connectivity index (χ1) is 10.8. The molecule has 0 aliphatic rings. The van der Waals surface area contributed by atoms with Crippen LogP contribution in [0.5, 0.6) is 17.2 Å². The molecule has 0 aromatic heterocycles. The molecular formula is C17H22N2O3. The van der Waals surface area contributed by atoms with E-state index >= 15 is 0 Å². The van der Waals surface area contributed by atoms with Crippen LogP contribution in [0.15, 0.2) is 42.5 Å². The van der Waals surface area contributed by atoms with E-state index in [0.717, 1.165) is 29.4 Å². The molecule has 0 unspecified atom stereocenters. The van der Waals surface area contributed by atoms with Gasteiger partial charge in [0, 0.05) is 24.7 Å². The van der Waals surface area contributed by atoms with Gasteiger partial charge >= 0.3 is 0 Å². The highest BCUT2D eigenvalue weighted by atomic mass is 16.5. The molecule has 118 valence electrons. The van der Waals surface area contributed by atoms with Crippen LogP contribution in [0.1, 0.15) is 11.1 Å². The van der Waals surface area contributed by atoms with E-state index in [-0.39, 0.29) is 0 Å². The molecule has 0 heterocycles. The maximum atomic E-state index is 5.37. The molecule has 22 heavy (non-hydrogen) atoms. The summed E-state index contributed by atoms with van der Waals surface area (Å²) in [7, 11) is 4.96. The molecule has 2 rings (SSSR count). The lowest BCUT2D eigenvalue weighted by Crippen LogP contribution is -2.30. The zero-order chi connectivity index (χ0) is 15.8. The summed E-state index contributed by atoms with van der Waals surface area (Å²) in [6.07, 6.45) is 0. The third kappa shape index (κ3) is 4.38. The van der Waals surface area contributed by atoms with Crippen LogP contribution in [-0.4, -0.2) is 21.3 Å². The van der Waals surface area contributed by atoms with Gasteiger partial charge in [-0.15, -0.1) is 0 Å². The average molecular weight is 302 g/mol. The van der Waals surface area contributed by atoms with Crippen LogP contribution in [0.25, 0.3) is 0 Å². The number of rotatable bonds is 8. The summed E-state index contributed by atoms with van der Waals surface area (Å²) in [6, 6.07) is 13.7. The average Bonchev–Trinajstić information content (AvgIpc) is 2.59. The highest BCUT2D eigenvalue weighted by Crippen LogP contribution is 2.24. The van der Waals surface area contributed by atoms with Crippen LogP contribution in [0, 0.1) is 0 Å². The Balaban J connectivity index is 1.83. The summed E-state index contributed by atoms with van der Waals surface area (Å²) in [6.45, 7) is 1.38. The summed E-state index contributed by atoms with van der Waals surface area (Å²) in [4.78, 5) is 0. The Morgan fingerprint density at radius 2 is 1.36 bits per heavy atom. The fourth-order valence-electron chi connectivity index (χ4n) is 2.06. The van der Waals surface area contributed by atoms with Gasteiger partial charge in [0.15, 0.2) is 0 Å². The van der Waals surface area contributed by atoms with Crippen molar-refractivity contribution < 1.29 is 14.2 Å². The molecular weight excluding hydrogens is 280 g/mol. The standard InChI is InChI=1S/C17H22N2O3/c1-20-15-7-4-13(5-8-15)11-18-19-12-14-6-9-16(21-2)10-17(14)22-3/h4-10,18-19H,11-12H2,1-3H3. The summed E-state index contributed by atoms with van der Waals surface area (Å²) in [5.74, 6) is 2.45. The Kier molecular flexibility index (Phi) is 6.06. The van der Waals surface area contributed by atoms with E-state index in [0.29, 0.717) is 6.54 Å². The Bertz CT molecular complexity index is 585. The van der Waals surface area contributed by atoms with Gasteiger partial charge in [-0.1, -0.05) is 18.2 Å². The van der Waals surface area contributed by atoms with E-state index in [1.165, 1.54) is 5.56 Å². The molecule has 0 bridgehead atoms. The summed E-state index contributed by atoms with van der Waals surface area (Å²) in [5, 5.41) is 0. The lowest BCUT2D eigenvalue weighted by molar-refractivity contribution is 0.388. The fourth-order valence-corrected chi connectivity index (χ4v) is 2.06. The Hall–Kier alpha value is -2.24. The molecule has 0 radical (unpaired) electrons. The number of ether oxygens (including phenoxy) is 3. The quantitative estimate of drug-likeness (QED) is 0.579. The van der Waals surface area contributed by atoms with Crippen LogP contribution in [0.2, 0.25) is 0 Å². The highest BCUT2D eigenvalue weighted by molar-refractivity contribution is 5.40. The van der Waals surface area contributed by atoms with E-state index in [4.69, 9.17) is 14.2 Å². The molecule has 2 aromatic carbocycles. The molecule has 0 aliphatic carbocycles. The second-order valence-corrected chi connectivity index (χ2v) is 4.73. The molecule has 0 aliphatic heterocycles. The maximum absolute atomic E-state index is 5.37. The zero-order valence-corrected chi connectivity index (χ0v) is 13.2. The minimum Gasteiger partial charge on any atom is -0.497 e. The van der Waals surface area contributed by atoms with Crippen LogP contribution in [0.4, 0.5) is 0 Å². The number of benzene rings is 2.